The second-order valence-corrected chi connectivity index (χ2v) is 5.48. The van der Waals surface area contributed by atoms with Gasteiger partial charge in [-0.2, -0.15) is 0 Å². The number of hydrogen-bond acceptors (Lipinski definition) is 4. The maximum Gasteiger partial charge on any atom is 0.163 e. The normalized spacial score (nSPS) is 12.0. The number of para-hydroxylation sites is 1. The zero-order chi connectivity index (χ0) is 17.1. The van der Waals surface area contributed by atoms with Crippen LogP contribution in [0.1, 0.15) is 18.5 Å². The molecule has 124 valence electrons. The van der Waals surface area contributed by atoms with E-state index in [0.717, 1.165) is 10.9 Å². The Morgan fingerprint density at radius 2 is 1.71 bits per heavy atom. The van der Waals surface area contributed by atoms with Gasteiger partial charge in [-0.15, -0.1) is 0 Å². The summed E-state index contributed by atoms with van der Waals surface area (Å²) in [7, 11) is 3.01. The molecular formula is C19H19FN2O2. The maximum absolute atomic E-state index is 14.4. The summed E-state index contributed by atoms with van der Waals surface area (Å²) in [6, 6.07) is 14.4. The van der Waals surface area contributed by atoms with Crippen molar-refractivity contribution < 1.29 is 13.9 Å². The quantitative estimate of drug-likeness (QED) is 0.746. The number of ether oxygens (including phenoxy) is 2. The topological polar surface area (TPSA) is 43.4 Å². The number of anilines is 1. The number of halogens is 1. The molecule has 0 amide bonds. The van der Waals surface area contributed by atoms with Crippen molar-refractivity contribution in [3.63, 3.8) is 0 Å². The first-order valence-electron chi connectivity index (χ1n) is 7.66. The first kappa shape index (κ1) is 16.1. The molecule has 0 radical (unpaired) electrons. The van der Waals surface area contributed by atoms with Crippen LogP contribution in [-0.2, 0) is 0 Å². The van der Waals surface area contributed by atoms with Crippen molar-refractivity contribution in [3.05, 3.63) is 59.9 Å². The highest BCUT2D eigenvalue weighted by Gasteiger charge is 2.16. The van der Waals surface area contributed by atoms with Crippen LogP contribution in [-0.4, -0.2) is 19.2 Å². The lowest BCUT2D eigenvalue weighted by Crippen LogP contribution is -2.10. The molecule has 3 aromatic rings. The van der Waals surface area contributed by atoms with E-state index in [0.29, 0.717) is 22.9 Å². The highest BCUT2D eigenvalue weighted by molar-refractivity contribution is 5.80. The molecule has 24 heavy (non-hydrogen) atoms. The summed E-state index contributed by atoms with van der Waals surface area (Å²) in [6.07, 6.45) is 0. The molecule has 5 heteroatoms. The Balaban J connectivity index is 1.89. The van der Waals surface area contributed by atoms with Gasteiger partial charge in [0.05, 0.1) is 25.8 Å². The minimum Gasteiger partial charge on any atom is -0.493 e. The molecule has 1 N–H and O–H groups in total. The molecule has 1 aromatic heterocycles. The number of rotatable bonds is 5. The van der Waals surface area contributed by atoms with Gasteiger partial charge in [0.15, 0.2) is 11.5 Å². The number of pyridine rings is 1. The maximum atomic E-state index is 14.4. The molecular weight excluding hydrogens is 307 g/mol. The number of hydrogen-bond donors (Lipinski definition) is 1. The van der Waals surface area contributed by atoms with Crippen molar-refractivity contribution in [2.24, 2.45) is 0 Å². The molecule has 1 heterocycles. The first-order chi connectivity index (χ1) is 11.6. The minimum absolute atomic E-state index is 0.279. The van der Waals surface area contributed by atoms with E-state index in [9.17, 15) is 4.39 Å². The summed E-state index contributed by atoms with van der Waals surface area (Å²) in [5, 5.41) is 4.30. The third-order valence-corrected chi connectivity index (χ3v) is 3.93. The second-order valence-electron chi connectivity index (χ2n) is 5.48. The number of nitrogens with zero attached hydrogens (tertiary/aromatic N) is 1. The molecule has 0 aliphatic heterocycles. The van der Waals surface area contributed by atoms with Crippen LogP contribution in [0.5, 0.6) is 11.5 Å². The molecule has 3 rings (SSSR count). The van der Waals surface area contributed by atoms with Gasteiger partial charge >= 0.3 is 0 Å². The van der Waals surface area contributed by atoms with Crippen LogP contribution >= 0.6 is 0 Å². The Kier molecular flexibility index (Phi) is 4.51. The number of benzene rings is 2. The predicted octanol–water partition coefficient (Wildman–Crippen LogP) is 4.56. The van der Waals surface area contributed by atoms with Gasteiger partial charge in [0, 0.05) is 17.0 Å². The lowest BCUT2D eigenvalue weighted by molar-refractivity contribution is 0.351. The molecule has 1 unspecified atom stereocenters. The Bertz CT molecular complexity index is 867. The molecule has 2 aromatic carbocycles. The Labute approximate surface area is 140 Å². The molecule has 0 saturated heterocycles. The van der Waals surface area contributed by atoms with Gasteiger partial charge in [0.25, 0.3) is 0 Å². The van der Waals surface area contributed by atoms with E-state index in [1.807, 2.05) is 43.3 Å². The van der Waals surface area contributed by atoms with E-state index in [4.69, 9.17) is 9.47 Å². The van der Waals surface area contributed by atoms with Crippen molar-refractivity contribution in [1.82, 2.24) is 4.98 Å². The van der Waals surface area contributed by atoms with E-state index in [1.54, 1.807) is 6.07 Å². The van der Waals surface area contributed by atoms with Crippen LogP contribution in [0, 0.1) is 5.82 Å². The van der Waals surface area contributed by atoms with Crippen molar-refractivity contribution in [2.45, 2.75) is 13.0 Å². The van der Waals surface area contributed by atoms with Gasteiger partial charge in [-0.1, -0.05) is 18.2 Å². The van der Waals surface area contributed by atoms with Crippen LogP contribution in [0.25, 0.3) is 10.9 Å². The lowest BCUT2D eigenvalue weighted by atomic mass is 10.1. The van der Waals surface area contributed by atoms with E-state index in [1.165, 1.54) is 20.3 Å². The fourth-order valence-corrected chi connectivity index (χ4v) is 2.65. The van der Waals surface area contributed by atoms with E-state index < -0.39 is 0 Å². The van der Waals surface area contributed by atoms with Crippen molar-refractivity contribution in [3.8, 4) is 11.5 Å². The number of aromatic nitrogens is 1. The van der Waals surface area contributed by atoms with Crippen LogP contribution < -0.4 is 14.8 Å². The smallest absolute Gasteiger partial charge is 0.163 e. The average Bonchev–Trinajstić information content (AvgIpc) is 2.61. The molecule has 4 nitrogen and oxygen atoms in total. The zero-order valence-corrected chi connectivity index (χ0v) is 13.8. The predicted molar refractivity (Wildman–Crippen MR) is 93.3 cm³/mol. The van der Waals surface area contributed by atoms with Gasteiger partial charge in [-0.3, -0.25) is 0 Å². The second kappa shape index (κ2) is 6.74. The van der Waals surface area contributed by atoms with Crippen molar-refractivity contribution in [1.29, 1.82) is 0 Å². The monoisotopic (exact) mass is 326 g/mol. The van der Waals surface area contributed by atoms with E-state index >= 15 is 0 Å². The SMILES string of the molecule is COc1cc(F)c(C(C)Nc2ccc3ccccc3n2)cc1OC. The highest BCUT2D eigenvalue weighted by Crippen LogP contribution is 2.33. The highest BCUT2D eigenvalue weighted by atomic mass is 19.1. The average molecular weight is 326 g/mol. The summed E-state index contributed by atoms with van der Waals surface area (Å²) in [5.74, 6) is 1.20. The Morgan fingerprint density at radius 1 is 1.00 bits per heavy atom. The van der Waals surface area contributed by atoms with Gasteiger partial charge in [0.2, 0.25) is 0 Å². The Hall–Kier alpha value is -2.82. The fraction of sp³-hybridized carbons (Fsp3) is 0.211. The van der Waals surface area contributed by atoms with Gasteiger partial charge in [0.1, 0.15) is 11.6 Å². The summed E-state index contributed by atoms with van der Waals surface area (Å²) in [5.41, 5.74) is 1.38. The summed E-state index contributed by atoms with van der Waals surface area (Å²) >= 11 is 0. The van der Waals surface area contributed by atoms with E-state index in [2.05, 4.69) is 10.3 Å². The van der Waals surface area contributed by atoms with Gasteiger partial charge in [-0.25, -0.2) is 9.37 Å². The molecule has 0 saturated carbocycles. The summed E-state index contributed by atoms with van der Waals surface area (Å²) in [4.78, 5) is 4.56. The zero-order valence-electron chi connectivity index (χ0n) is 13.8. The van der Waals surface area contributed by atoms with Crippen LogP contribution in [0.2, 0.25) is 0 Å². The third-order valence-electron chi connectivity index (χ3n) is 3.93. The fourth-order valence-electron chi connectivity index (χ4n) is 2.65. The molecule has 1 atom stereocenters. The van der Waals surface area contributed by atoms with Crippen LogP contribution in [0.3, 0.4) is 0 Å². The summed E-state index contributed by atoms with van der Waals surface area (Å²) < 4.78 is 24.7. The summed E-state index contributed by atoms with van der Waals surface area (Å²) in [6.45, 7) is 1.88. The standard InChI is InChI=1S/C19H19FN2O2/c1-12(14-10-17(23-2)18(24-3)11-15(14)20)21-19-9-8-13-6-4-5-7-16(13)22-19/h4-12H,1-3H3,(H,21,22). The molecule has 0 spiro atoms. The number of fused-ring (bicyclic) bond motifs is 1. The van der Waals surface area contributed by atoms with Crippen LogP contribution in [0.15, 0.2) is 48.5 Å². The Morgan fingerprint density at radius 3 is 2.46 bits per heavy atom. The first-order valence-corrected chi connectivity index (χ1v) is 7.66. The van der Waals surface area contributed by atoms with Crippen molar-refractivity contribution in [2.75, 3.05) is 19.5 Å². The largest absolute Gasteiger partial charge is 0.493 e. The molecule has 0 aliphatic carbocycles. The number of nitrogens with one attached hydrogen (secondary N) is 1. The van der Waals surface area contributed by atoms with Gasteiger partial charge in [-0.05, 0) is 31.2 Å². The number of methoxy groups -OCH3 is 2. The lowest BCUT2D eigenvalue weighted by Gasteiger charge is -2.18. The van der Waals surface area contributed by atoms with Crippen LogP contribution in [0.4, 0.5) is 10.2 Å². The van der Waals surface area contributed by atoms with Gasteiger partial charge < -0.3 is 14.8 Å². The minimum atomic E-state index is -0.353. The van der Waals surface area contributed by atoms with E-state index in [-0.39, 0.29) is 11.9 Å². The third kappa shape index (κ3) is 3.11. The van der Waals surface area contributed by atoms with Crippen molar-refractivity contribution >= 4 is 16.7 Å². The molecule has 0 bridgehead atoms. The molecule has 0 fully saturated rings. The molecule has 0 aliphatic rings.